The van der Waals surface area contributed by atoms with Gasteiger partial charge < -0.3 is 10.4 Å². The highest BCUT2D eigenvalue weighted by Crippen LogP contribution is 2.48. The standard InChI is InChI=1S/C18H24FNO2/c19-15-8-6-14(7-9-15)18(10-11-18)17(22)20-16-5-3-1-2-4-13(16)12-21/h6-9,13,16,21H,1-5,10-12H2,(H,20,22). The van der Waals surface area contributed by atoms with Crippen LogP contribution in [-0.2, 0) is 10.2 Å². The summed E-state index contributed by atoms with van der Waals surface area (Å²) in [6.07, 6.45) is 6.96. The number of rotatable bonds is 4. The Hall–Kier alpha value is -1.42. The molecule has 3 rings (SSSR count). The van der Waals surface area contributed by atoms with Crippen LogP contribution in [0.15, 0.2) is 24.3 Å². The molecule has 0 saturated heterocycles. The van der Waals surface area contributed by atoms with Gasteiger partial charge in [0.2, 0.25) is 5.91 Å². The van der Waals surface area contributed by atoms with Crippen LogP contribution >= 0.6 is 0 Å². The van der Waals surface area contributed by atoms with Gasteiger partial charge in [0.05, 0.1) is 5.41 Å². The van der Waals surface area contributed by atoms with Crippen molar-refractivity contribution >= 4 is 5.91 Å². The molecular formula is C18H24FNO2. The minimum absolute atomic E-state index is 0.0458. The van der Waals surface area contributed by atoms with E-state index in [0.29, 0.717) is 0 Å². The molecule has 2 aliphatic carbocycles. The van der Waals surface area contributed by atoms with E-state index in [4.69, 9.17) is 0 Å². The SMILES string of the molecule is O=C(NC1CCCCCC1CO)C1(c2ccc(F)cc2)CC1. The molecule has 2 fully saturated rings. The number of hydrogen-bond acceptors (Lipinski definition) is 2. The molecular weight excluding hydrogens is 281 g/mol. The highest BCUT2D eigenvalue weighted by molar-refractivity contribution is 5.91. The number of aliphatic hydroxyl groups excluding tert-OH is 1. The second-order valence-electron chi connectivity index (χ2n) is 6.75. The monoisotopic (exact) mass is 305 g/mol. The summed E-state index contributed by atoms with van der Waals surface area (Å²) < 4.78 is 13.1. The van der Waals surface area contributed by atoms with Crippen molar-refractivity contribution in [3.8, 4) is 0 Å². The summed E-state index contributed by atoms with van der Waals surface area (Å²) in [5.41, 5.74) is 0.431. The Bertz CT molecular complexity index is 524. The number of nitrogens with one attached hydrogen (secondary N) is 1. The van der Waals surface area contributed by atoms with Gasteiger partial charge in [0, 0.05) is 18.6 Å². The Morgan fingerprint density at radius 1 is 1.18 bits per heavy atom. The van der Waals surface area contributed by atoms with Gasteiger partial charge in [-0.3, -0.25) is 4.79 Å². The molecule has 4 heteroatoms. The fourth-order valence-corrected chi connectivity index (χ4v) is 3.64. The summed E-state index contributed by atoms with van der Waals surface area (Å²) in [6, 6.07) is 6.35. The van der Waals surface area contributed by atoms with E-state index in [0.717, 1.165) is 44.1 Å². The van der Waals surface area contributed by atoms with Crippen molar-refractivity contribution in [1.29, 1.82) is 0 Å². The summed E-state index contributed by atoms with van der Waals surface area (Å²) in [7, 11) is 0. The number of hydrogen-bond donors (Lipinski definition) is 2. The Labute approximate surface area is 130 Å². The van der Waals surface area contributed by atoms with Crippen LogP contribution in [0.5, 0.6) is 0 Å². The molecule has 0 aromatic heterocycles. The second kappa shape index (κ2) is 6.37. The lowest BCUT2D eigenvalue weighted by Gasteiger charge is -2.27. The zero-order valence-electron chi connectivity index (χ0n) is 12.9. The van der Waals surface area contributed by atoms with Crippen LogP contribution in [0, 0.1) is 11.7 Å². The molecule has 1 aromatic carbocycles. The molecule has 0 radical (unpaired) electrons. The van der Waals surface area contributed by atoms with Crippen molar-refractivity contribution in [2.24, 2.45) is 5.92 Å². The molecule has 1 amide bonds. The topological polar surface area (TPSA) is 49.3 Å². The Morgan fingerprint density at radius 3 is 2.50 bits per heavy atom. The van der Waals surface area contributed by atoms with Crippen molar-refractivity contribution in [3.05, 3.63) is 35.6 Å². The van der Waals surface area contributed by atoms with E-state index in [1.54, 1.807) is 12.1 Å². The Morgan fingerprint density at radius 2 is 1.86 bits per heavy atom. The molecule has 2 saturated carbocycles. The second-order valence-corrected chi connectivity index (χ2v) is 6.75. The molecule has 2 N–H and O–H groups in total. The van der Waals surface area contributed by atoms with Gasteiger partial charge in [-0.2, -0.15) is 0 Å². The van der Waals surface area contributed by atoms with E-state index >= 15 is 0 Å². The third-order valence-corrected chi connectivity index (χ3v) is 5.29. The number of aliphatic hydroxyl groups is 1. The average Bonchev–Trinajstić information content (AvgIpc) is 3.33. The minimum Gasteiger partial charge on any atom is -0.396 e. The number of carbonyl (C=O) groups excluding carboxylic acids is 1. The van der Waals surface area contributed by atoms with Gasteiger partial charge >= 0.3 is 0 Å². The van der Waals surface area contributed by atoms with Gasteiger partial charge in [-0.1, -0.05) is 31.4 Å². The highest BCUT2D eigenvalue weighted by atomic mass is 19.1. The lowest BCUT2D eigenvalue weighted by Crippen LogP contribution is -2.45. The first kappa shape index (κ1) is 15.5. The quantitative estimate of drug-likeness (QED) is 0.840. The molecule has 0 heterocycles. The largest absolute Gasteiger partial charge is 0.396 e. The Balaban J connectivity index is 1.71. The van der Waals surface area contributed by atoms with Crippen molar-refractivity contribution < 1.29 is 14.3 Å². The van der Waals surface area contributed by atoms with Crippen LogP contribution in [0.25, 0.3) is 0 Å². The number of amides is 1. The van der Waals surface area contributed by atoms with Crippen LogP contribution in [-0.4, -0.2) is 23.7 Å². The highest BCUT2D eigenvalue weighted by Gasteiger charge is 2.51. The molecule has 120 valence electrons. The van der Waals surface area contributed by atoms with Gasteiger partial charge in [-0.05, 0) is 43.4 Å². The summed E-state index contributed by atoms with van der Waals surface area (Å²) in [5, 5.41) is 12.8. The molecule has 0 spiro atoms. The van der Waals surface area contributed by atoms with E-state index in [-0.39, 0.29) is 30.3 Å². The fraction of sp³-hybridized carbons (Fsp3) is 0.611. The lowest BCUT2D eigenvalue weighted by molar-refractivity contribution is -0.124. The molecule has 0 aliphatic heterocycles. The summed E-state index contributed by atoms with van der Waals surface area (Å²) in [6.45, 7) is 0.133. The first-order valence-electron chi connectivity index (χ1n) is 8.33. The maximum Gasteiger partial charge on any atom is 0.230 e. The van der Waals surface area contributed by atoms with Crippen molar-refractivity contribution in [3.63, 3.8) is 0 Å². The third kappa shape index (κ3) is 3.02. The van der Waals surface area contributed by atoms with Gasteiger partial charge in [0.25, 0.3) is 0 Å². The third-order valence-electron chi connectivity index (χ3n) is 5.29. The zero-order valence-corrected chi connectivity index (χ0v) is 12.9. The fourth-order valence-electron chi connectivity index (χ4n) is 3.64. The van der Waals surface area contributed by atoms with E-state index in [9.17, 15) is 14.3 Å². The minimum atomic E-state index is -0.472. The van der Waals surface area contributed by atoms with Crippen molar-refractivity contribution in [1.82, 2.24) is 5.32 Å². The molecule has 0 bridgehead atoms. The van der Waals surface area contributed by atoms with Crippen molar-refractivity contribution in [2.45, 2.75) is 56.4 Å². The zero-order chi connectivity index (χ0) is 15.6. The van der Waals surface area contributed by atoms with Gasteiger partial charge in [-0.15, -0.1) is 0 Å². The molecule has 22 heavy (non-hydrogen) atoms. The maximum absolute atomic E-state index is 13.1. The predicted octanol–water partition coefficient (Wildman–Crippen LogP) is 2.91. The first-order valence-corrected chi connectivity index (χ1v) is 8.33. The van der Waals surface area contributed by atoms with E-state index in [2.05, 4.69) is 5.32 Å². The molecule has 2 atom stereocenters. The lowest BCUT2D eigenvalue weighted by atomic mass is 9.91. The summed E-state index contributed by atoms with van der Waals surface area (Å²) in [4.78, 5) is 12.8. The first-order chi connectivity index (χ1) is 10.7. The van der Waals surface area contributed by atoms with E-state index in [1.165, 1.54) is 18.6 Å². The van der Waals surface area contributed by atoms with Crippen LogP contribution < -0.4 is 5.32 Å². The number of carbonyl (C=O) groups is 1. The van der Waals surface area contributed by atoms with Gasteiger partial charge in [-0.25, -0.2) is 4.39 Å². The van der Waals surface area contributed by atoms with Crippen LogP contribution in [0.1, 0.15) is 50.5 Å². The average molecular weight is 305 g/mol. The van der Waals surface area contributed by atoms with Crippen LogP contribution in [0.3, 0.4) is 0 Å². The normalized spacial score (nSPS) is 27.0. The molecule has 3 nitrogen and oxygen atoms in total. The van der Waals surface area contributed by atoms with Crippen LogP contribution in [0.2, 0.25) is 0 Å². The van der Waals surface area contributed by atoms with Gasteiger partial charge in [0.15, 0.2) is 0 Å². The van der Waals surface area contributed by atoms with Crippen molar-refractivity contribution in [2.75, 3.05) is 6.61 Å². The molecule has 2 unspecified atom stereocenters. The number of benzene rings is 1. The number of halogens is 1. The predicted molar refractivity (Wildman–Crippen MR) is 82.9 cm³/mol. The maximum atomic E-state index is 13.1. The summed E-state index contributed by atoms with van der Waals surface area (Å²) >= 11 is 0. The van der Waals surface area contributed by atoms with Gasteiger partial charge in [0.1, 0.15) is 5.82 Å². The smallest absolute Gasteiger partial charge is 0.230 e. The van der Waals surface area contributed by atoms with E-state index in [1.807, 2.05) is 0 Å². The molecule has 1 aromatic rings. The Kier molecular flexibility index (Phi) is 4.48. The van der Waals surface area contributed by atoms with E-state index < -0.39 is 5.41 Å². The molecule has 2 aliphatic rings. The van der Waals surface area contributed by atoms with Crippen LogP contribution in [0.4, 0.5) is 4.39 Å². The summed E-state index contributed by atoms with van der Waals surface area (Å²) in [5.74, 6) is -0.0657.